The lowest BCUT2D eigenvalue weighted by atomic mass is 9.81. The average molecular weight is 1920 g/mol. The van der Waals surface area contributed by atoms with Gasteiger partial charge in [-0.05, 0) is 233 Å². The van der Waals surface area contributed by atoms with Crippen LogP contribution in [-0.2, 0) is 148 Å². The Labute approximate surface area is 787 Å². The second-order valence-corrected chi connectivity index (χ2v) is 40.0. The molecule has 0 spiro atoms. The van der Waals surface area contributed by atoms with E-state index in [1.54, 1.807) is 73.4 Å². The Kier molecular flexibility index (Phi) is 28.8. The number of cyclic esters (lactones) is 3. The van der Waals surface area contributed by atoms with Gasteiger partial charge in [-0.1, -0.05) is 33.6 Å². The van der Waals surface area contributed by atoms with Crippen LogP contribution < -0.4 is 38.8 Å². The van der Waals surface area contributed by atoms with E-state index >= 15 is 4.39 Å². The molecule has 33 nitrogen and oxygen atoms in total. The first-order chi connectivity index (χ1) is 64.5. The fourth-order valence-corrected chi connectivity index (χ4v) is 20.2. The number of fused-ring (bicyclic) bond motifs is 15. The molecule has 732 valence electrons. The van der Waals surface area contributed by atoms with E-state index in [1.807, 2.05) is 41.5 Å². The maximum Gasteiger partial charge on any atom is 0.343 e. The standard InChI is InChI=1S/C35H40FN3O7.C29H31FN4O5.C24H22FN3O4.C11H20O4.CH4O3S/c1-6-35(44)22-14-26-31-20(16-39(26)32(42)21(22)17-45-33(35)43)30-24(13-12-19-18(2)23(36)15-25(38-31)29(19)30)37-27(40)10-8-7-9-11-28(41)46-34(3,4)5;1-3-29(38)18-10-22-26-16(12-34(22)27(36)17(18)13-39-28(29)37)25-20(32-23(35)6-4-5-9-31)8-7-15-14(2)19(30)11-21(33-26)24(15)25;1-3-24(31)14-6-18-21-12(8-28(18)22(29)13(14)9-32-23(24)30)19-16(26)5-4-11-10(2)15(25)7-17(27-21)20(11)19;1-11(2,3)15-10(14)8-6-4-5-7-9(12)13;1-5(2,3)4/h14-15,24,44H,6-13,16-17H2,1-5H3,(H,37,40);10-11,20,38H,3-9,12-13,31H2,1-2H3,(H,32,35);6-7,16,31H,3-5,8-9,26H2,1-2H3;4-8H2,1-3H3,(H,12,13);1H3,(H,2,3,4)/t24-,35-;20-,29-;16-,24-;;/m000../s1. The van der Waals surface area contributed by atoms with Crippen LogP contribution in [-0.4, -0.2) is 134 Å². The second kappa shape index (κ2) is 39.1. The minimum atomic E-state index is -3.67. The molecular weight excluding hydrogens is 1800 g/mol. The van der Waals surface area contributed by atoms with Crippen LogP contribution in [0, 0.1) is 38.2 Å². The third kappa shape index (κ3) is 19.7. The number of carbonyl (C=O) groups is 8. The van der Waals surface area contributed by atoms with E-state index in [4.69, 9.17) is 59.8 Å². The van der Waals surface area contributed by atoms with Crippen molar-refractivity contribution in [2.24, 2.45) is 11.5 Å². The lowest BCUT2D eigenvalue weighted by Crippen LogP contribution is -2.44. The number of esters is 5. The SMILES string of the molecule is CC(C)(C)OC(=O)CCCCCC(=O)O.CC[C@@]1(O)C(=O)OCc2c1cc1n(c2=O)Cc2c-1nc1cc(F)c(C)c3c1c2[C@@H](N)CC3.CC[C@@]1(O)C(=O)OCc2c1cc1n(c2=O)Cc2c-1nc1cc(F)c(C)c3c1c2[C@@H](NC(=O)CCCCCC(=O)OC(C)(C)C)CC3.CC[C@@]1(O)C(=O)OCc2c1cc1n(c2=O)Cc2c-1nc1cc(F)c(C)c3c1c2[C@@H](NC(=O)CCCCN)CC3.CS(=O)(=O)O. The summed E-state index contributed by atoms with van der Waals surface area (Å²) in [7, 11) is -3.67. The Bertz CT molecular complexity index is 6850. The minimum absolute atomic E-state index is 0.0218. The van der Waals surface area contributed by atoms with Crippen LogP contribution in [0.2, 0.25) is 0 Å². The third-order valence-electron chi connectivity index (χ3n) is 27.1. The molecular formula is C100H117F3N10O23S. The van der Waals surface area contributed by atoms with E-state index in [9.17, 15) is 85.3 Å². The summed E-state index contributed by atoms with van der Waals surface area (Å²) < 4.78 is 101. The van der Waals surface area contributed by atoms with Gasteiger partial charge in [0, 0.05) is 106 Å². The Morgan fingerprint density at radius 2 is 0.774 bits per heavy atom. The molecule has 18 rings (SSSR count). The highest BCUT2D eigenvalue weighted by molar-refractivity contribution is 7.85. The zero-order valence-electron chi connectivity index (χ0n) is 79.2. The molecule has 3 aliphatic carbocycles. The molecule has 0 unspecified atom stereocenters. The smallest absolute Gasteiger partial charge is 0.343 e. The monoisotopic (exact) mass is 1910 g/mol. The highest BCUT2D eigenvalue weighted by atomic mass is 32.2. The van der Waals surface area contributed by atoms with Gasteiger partial charge in [0.25, 0.3) is 26.8 Å². The van der Waals surface area contributed by atoms with E-state index in [0.717, 1.165) is 79.1 Å². The van der Waals surface area contributed by atoms with Crippen LogP contribution in [0.1, 0.15) is 303 Å². The molecule has 9 aliphatic rings. The molecule has 3 aromatic carbocycles. The number of hydrogen-bond acceptors (Lipinski definition) is 26. The summed E-state index contributed by atoms with van der Waals surface area (Å²) in [4.78, 5) is 152. The zero-order chi connectivity index (χ0) is 99.7. The molecule has 6 atom stereocenters. The van der Waals surface area contributed by atoms with Gasteiger partial charge in [-0.15, -0.1) is 0 Å². The van der Waals surface area contributed by atoms with E-state index in [0.29, 0.717) is 177 Å². The number of aromatic nitrogens is 6. The van der Waals surface area contributed by atoms with Crippen molar-refractivity contribution in [1.82, 2.24) is 39.3 Å². The number of nitrogens with one attached hydrogen (secondary N) is 2. The van der Waals surface area contributed by atoms with Crippen LogP contribution >= 0.6 is 0 Å². The van der Waals surface area contributed by atoms with Crippen molar-refractivity contribution in [1.29, 1.82) is 0 Å². The summed E-state index contributed by atoms with van der Waals surface area (Å²) in [6.07, 6.45) is 11.4. The van der Waals surface area contributed by atoms with Crippen LogP contribution in [0.3, 0.4) is 0 Å². The fourth-order valence-electron chi connectivity index (χ4n) is 20.2. The van der Waals surface area contributed by atoms with E-state index in [1.165, 1.54) is 18.2 Å². The molecule has 6 aliphatic heterocycles. The molecule has 137 heavy (non-hydrogen) atoms. The molecule has 0 radical (unpaired) electrons. The number of carbonyl (C=O) groups excluding carboxylic acids is 7. The molecule has 9 aromatic rings. The van der Waals surface area contributed by atoms with Gasteiger partial charge in [0.05, 0.1) is 105 Å². The van der Waals surface area contributed by atoms with Crippen molar-refractivity contribution < 1.29 is 109 Å². The first kappa shape index (κ1) is 101. The van der Waals surface area contributed by atoms with Crippen LogP contribution in [0.25, 0.3) is 66.9 Å². The lowest BCUT2D eigenvalue weighted by molar-refractivity contribution is -0.172. The van der Waals surface area contributed by atoms with Crippen LogP contribution in [0.4, 0.5) is 13.2 Å². The molecule has 11 N–H and O–H groups in total. The summed E-state index contributed by atoms with van der Waals surface area (Å²) in [5.74, 6) is -4.86. The predicted molar refractivity (Wildman–Crippen MR) is 497 cm³/mol. The summed E-state index contributed by atoms with van der Waals surface area (Å²) in [5, 5.41) is 50.7. The number of rotatable bonds is 21. The number of aryl methyl sites for hydroxylation is 3. The number of nitrogens with zero attached hydrogens (tertiary/aromatic N) is 6. The van der Waals surface area contributed by atoms with Gasteiger partial charge in [-0.3, -0.25) is 42.9 Å². The number of nitrogens with two attached hydrogens (primary N) is 2. The maximum absolute atomic E-state index is 15.1. The van der Waals surface area contributed by atoms with Crippen molar-refractivity contribution in [3.8, 4) is 34.2 Å². The van der Waals surface area contributed by atoms with Crippen molar-refractivity contribution >= 4 is 90.5 Å². The number of carboxylic acids is 1. The zero-order valence-corrected chi connectivity index (χ0v) is 80.0. The number of carboxylic acid groups (broad SMARTS) is 1. The summed E-state index contributed by atoms with van der Waals surface area (Å²) >= 11 is 0. The van der Waals surface area contributed by atoms with Crippen LogP contribution in [0.5, 0.6) is 0 Å². The average Bonchev–Trinajstić information content (AvgIpc) is 1.58. The van der Waals surface area contributed by atoms with E-state index in [2.05, 4.69) is 10.6 Å². The lowest BCUT2D eigenvalue weighted by Gasteiger charge is -2.31. The van der Waals surface area contributed by atoms with Gasteiger partial charge in [-0.25, -0.2) is 42.5 Å². The van der Waals surface area contributed by atoms with Crippen molar-refractivity contribution in [3.63, 3.8) is 0 Å². The number of aliphatic carboxylic acids is 1. The third-order valence-corrected chi connectivity index (χ3v) is 27.1. The molecule has 0 saturated heterocycles. The quantitative estimate of drug-likeness (QED) is 0.0140. The first-order valence-corrected chi connectivity index (χ1v) is 48.4. The number of pyridine rings is 6. The summed E-state index contributed by atoms with van der Waals surface area (Å²) in [5.41, 5.74) is 19.3. The first-order valence-electron chi connectivity index (χ1n) is 46.6. The molecule has 37 heteroatoms. The number of ether oxygens (including phenoxy) is 5. The van der Waals surface area contributed by atoms with Gasteiger partial charge in [0.15, 0.2) is 16.8 Å². The Hall–Kier alpha value is -12.0. The van der Waals surface area contributed by atoms with Crippen molar-refractivity contribution in [2.75, 3.05) is 12.8 Å². The van der Waals surface area contributed by atoms with Crippen LogP contribution in [0.15, 0.2) is 50.8 Å². The van der Waals surface area contributed by atoms with E-state index in [-0.39, 0.29) is 181 Å². The topological polar surface area (TPSA) is 499 Å². The largest absolute Gasteiger partial charge is 0.481 e. The number of benzene rings is 3. The normalized spacial score (nSPS) is 19.6. The highest BCUT2D eigenvalue weighted by Crippen LogP contribution is 2.51. The van der Waals surface area contributed by atoms with Gasteiger partial charge >= 0.3 is 35.8 Å². The van der Waals surface area contributed by atoms with Gasteiger partial charge in [-0.2, -0.15) is 8.42 Å². The number of aliphatic hydroxyl groups is 3. The molecule has 0 bridgehead atoms. The fraction of sp³-hybridized carbons (Fsp3) is 0.500. The molecule has 0 saturated carbocycles. The summed E-state index contributed by atoms with van der Waals surface area (Å²) in [6, 6.07) is 8.21. The maximum atomic E-state index is 15.1. The predicted octanol–water partition coefficient (Wildman–Crippen LogP) is 12.0. The number of hydrogen-bond donors (Lipinski definition) is 9. The van der Waals surface area contributed by atoms with Crippen molar-refractivity contribution in [3.05, 3.63) is 185 Å². The number of unbranched alkanes of at least 4 members (excludes halogenated alkanes) is 5. The van der Waals surface area contributed by atoms with E-state index < -0.39 is 62.0 Å². The summed E-state index contributed by atoms with van der Waals surface area (Å²) in [6.45, 7) is 21.8. The van der Waals surface area contributed by atoms with Crippen molar-refractivity contribution in [2.45, 2.75) is 310 Å². The Balaban J connectivity index is 0.000000151. The molecule has 6 aromatic heterocycles. The second-order valence-electron chi connectivity index (χ2n) is 38.6. The molecule has 2 amide bonds. The molecule has 12 heterocycles. The minimum Gasteiger partial charge on any atom is -0.481 e. The highest BCUT2D eigenvalue weighted by Gasteiger charge is 2.50. The number of halogens is 3. The number of amides is 2. The Morgan fingerprint density at radius 3 is 1.09 bits per heavy atom. The Morgan fingerprint density at radius 1 is 0.474 bits per heavy atom. The molecule has 0 fully saturated rings. The van der Waals surface area contributed by atoms with Gasteiger partial charge in [0.2, 0.25) is 11.8 Å². The van der Waals surface area contributed by atoms with Gasteiger partial charge < -0.3 is 79.9 Å². The van der Waals surface area contributed by atoms with Gasteiger partial charge in [0.1, 0.15) is 48.5 Å².